The van der Waals surface area contributed by atoms with Crippen LogP contribution in [-0.2, 0) is 9.53 Å². The van der Waals surface area contributed by atoms with Gasteiger partial charge in [0.2, 0.25) is 11.6 Å². The van der Waals surface area contributed by atoms with Crippen molar-refractivity contribution in [2.75, 3.05) is 55.7 Å². The molecule has 1 aromatic heterocycles. The summed E-state index contributed by atoms with van der Waals surface area (Å²) in [6, 6.07) is 21.0. The van der Waals surface area contributed by atoms with E-state index in [0.29, 0.717) is 57.3 Å². The molecule has 0 N–H and O–H groups in total. The maximum atomic E-state index is 12.3. The quantitative estimate of drug-likeness (QED) is 0.242. The molecule has 3 heterocycles. The van der Waals surface area contributed by atoms with E-state index >= 15 is 0 Å². The summed E-state index contributed by atoms with van der Waals surface area (Å²) in [7, 11) is 0. The van der Waals surface area contributed by atoms with Gasteiger partial charge in [0.25, 0.3) is 0 Å². The lowest BCUT2D eigenvalue weighted by Gasteiger charge is -2.40. The Morgan fingerprint density at radius 3 is 1.90 bits per heavy atom. The molecule has 10 nitrogen and oxygen atoms in total. The second-order valence-electron chi connectivity index (χ2n) is 9.89. The number of hydrogen-bond acceptors (Lipinski definition) is 9. The zero-order valence-corrected chi connectivity index (χ0v) is 22.2. The molecule has 0 amide bonds. The van der Waals surface area contributed by atoms with Crippen molar-refractivity contribution < 1.29 is 14.5 Å². The lowest BCUT2D eigenvalue weighted by molar-refractivity contribution is -0.383. The van der Waals surface area contributed by atoms with E-state index in [0.717, 1.165) is 13.1 Å². The van der Waals surface area contributed by atoms with Crippen molar-refractivity contribution in [1.82, 2.24) is 14.9 Å². The molecule has 0 bridgehead atoms. The Kier molecular flexibility index (Phi) is 8.31. The van der Waals surface area contributed by atoms with Crippen LogP contribution in [0.15, 0.2) is 67.0 Å². The van der Waals surface area contributed by atoms with E-state index in [2.05, 4.69) is 63.4 Å². The van der Waals surface area contributed by atoms with Gasteiger partial charge in [-0.2, -0.15) is 0 Å². The lowest BCUT2D eigenvalue weighted by atomic mass is 9.96. The predicted octanol–water partition coefficient (Wildman–Crippen LogP) is 4.08. The monoisotopic (exact) mass is 530 g/mol. The van der Waals surface area contributed by atoms with Gasteiger partial charge in [-0.25, -0.2) is 9.97 Å². The van der Waals surface area contributed by atoms with Gasteiger partial charge in [0.15, 0.2) is 0 Å². The fraction of sp³-hybridized carbons (Fsp3) is 0.414. The van der Waals surface area contributed by atoms with Gasteiger partial charge in [-0.05, 0) is 30.9 Å². The number of benzene rings is 2. The molecule has 204 valence electrons. The molecule has 5 rings (SSSR count). The molecule has 2 fully saturated rings. The van der Waals surface area contributed by atoms with E-state index in [1.807, 2.05) is 21.9 Å². The number of nitrogens with zero attached hydrogens (tertiary/aromatic N) is 6. The summed E-state index contributed by atoms with van der Waals surface area (Å²) < 4.78 is 5.16. The fourth-order valence-corrected chi connectivity index (χ4v) is 5.65. The van der Waals surface area contributed by atoms with E-state index < -0.39 is 0 Å². The first kappa shape index (κ1) is 26.6. The third-order valence-electron chi connectivity index (χ3n) is 7.59. The molecule has 2 saturated heterocycles. The largest absolute Gasteiger partial charge is 0.466 e. The minimum absolute atomic E-state index is 0.0665. The summed E-state index contributed by atoms with van der Waals surface area (Å²) in [4.78, 5) is 39.1. The molecule has 2 aliphatic heterocycles. The van der Waals surface area contributed by atoms with Crippen LogP contribution in [0.5, 0.6) is 0 Å². The van der Waals surface area contributed by atoms with Crippen LogP contribution in [0.3, 0.4) is 0 Å². The van der Waals surface area contributed by atoms with E-state index in [1.165, 1.54) is 17.5 Å². The fourth-order valence-electron chi connectivity index (χ4n) is 5.65. The maximum absolute atomic E-state index is 12.3. The highest BCUT2D eigenvalue weighted by Crippen LogP contribution is 2.37. The van der Waals surface area contributed by atoms with Crippen LogP contribution in [0.4, 0.5) is 17.3 Å². The first-order valence-corrected chi connectivity index (χ1v) is 13.6. The van der Waals surface area contributed by atoms with Crippen molar-refractivity contribution in [2.45, 2.75) is 25.8 Å². The Balaban J connectivity index is 1.33. The highest BCUT2D eigenvalue weighted by molar-refractivity contribution is 5.74. The standard InChI is InChI=1S/C29H34N6O4/c1-2-39-29(36)24-13-15-33(16-14-24)27-26(35(37)38)28(31-21-30-27)34-19-17-32(18-20-34)25(22-9-5-3-6-10-22)23-11-7-4-8-12-23/h3-12,21,24-25H,2,13-20H2,1H3. The molecule has 0 spiro atoms. The van der Waals surface area contributed by atoms with Gasteiger partial charge in [0.05, 0.1) is 23.5 Å². The Hall–Kier alpha value is -4.05. The summed E-state index contributed by atoms with van der Waals surface area (Å²) in [5.74, 6) is 0.295. The Bertz CT molecular complexity index is 1220. The number of rotatable bonds is 8. The highest BCUT2D eigenvalue weighted by Gasteiger charge is 2.35. The van der Waals surface area contributed by atoms with E-state index in [4.69, 9.17) is 4.74 Å². The summed E-state index contributed by atoms with van der Waals surface area (Å²) >= 11 is 0. The smallest absolute Gasteiger partial charge is 0.353 e. The second-order valence-corrected chi connectivity index (χ2v) is 9.89. The number of esters is 1. The third kappa shape index (κ3) is 5.85. The number of nitro groups is 1. The normalized spacial score (nSPS) is 16.9. The van der Waals surface area contributed by atoms with Crippen LogP contribution in [0.1, 0.15) is 36.9 Å². The van der Waals surface area contributed by atoms with E-state index in [-0.39, 0.29) is 28.5 Å². The Morgan fingerprint density at radius 2 is 1.41 bits per heavy atom. The van der Waals surface area contributed by atoms with Gasteiger partial charge in [0, 0.05) is 39.3 Å². The SMILES string of the molecule is CCOC(=O)C1CCN(c2ncnc(N3CCN(C(c4ccccc4)c4ccccc4)CC3)c2[N+](=O)[O-])CC1. The first-order chi connectivity index (χ1) is 19.1. The number of aromatic nitrogens is 2. The molecular weight excluding hydrogens is 496 g/mol. The zero-order valence-electron chi connectivity index (χ0n) is 22.2. The molecule has 0 radical (unpaired) electrons. The first-order valence-electron chi connectivity index (χ1n) is 13.6. The number of piperidine rings is 1. The predicted molar refractivity (Wildman–Crippen MR) is 149 cm³/mol. The summed E-state index contributed by atoms with van der Waals surface area (Å²) in [6.07, 6.45) is 2.57. The van der Waals surface area contributed by atoms with Crippen molar-refractivity contribution in [3.8, 4) is 0 Å². The lowest BCUT2D eigenvalue weighted by Crippen LogP contribution is -2.48. The summed E-state index contributed by atoms with van der Waals surface area (Å²) in [5.41, 5.74) is 2.38. The number of carbonyl (C=O) groups is 1. The molecule has 39 heavy (non-hydrogen) atoms. The Morgan fingerprint density at radius 1 is 0.897 bits per heavy atom. The van der Waals surface area contributed by atoms with Crippen molar-refractivity contribution in [1.29, 1.82) is 0 Å². The van der Waals surface area contributed by atoms with Gasteiger partial charge >= 0.3 is 11.7 Å². The zero-order chi connectivity index (χ0) is 27.2. The van der Waals surface area contributed by atoms with Gasteiger partial charge in [0.1, 0.15) is 6.33 Å². The average molecular weight is 531 g/mol. The number of piperazine rings is 1. The topological polar surface area (TPSA) is 105 Å². The van der Waals surface area contributed by atoms with Crippen LogP contribution in [0.2, 0.25) is 0 Å². The molecule has 2 aliphatic rings. The molecule has 0 aliphatic carbocycles. The van der Waals surface area contributed by atoms with E-state index in [1.54, 1.807) is 6.92 Å². The van der Waals surface area contributed by atoms with Gasteiger partial charge in [-0.1, -0.05) is 60.7 Å². The van der Waals surface area contributed by atoms with Crippen LogP contribution in [0, 0.1) is 16.0 Å². The maximum Gasteiger partial charge on any atom is 0.353 e. The van der Waals surface area contributed by atoms with Crippen molar-refractivity contribution in [3.05, 3.63) is 88.2 Å². The molecule has 2 aromatic carbocycles. The molecule has 0 unspecified atom stereocenters. The van der Waals surface area contributed by atoms with Gasteiger partial charge in [-0.3, -0.25) is 19.8 Å². The van der Waals surface area contributed by atoms with E-state index in [9.17, 15) is 14.9 Å². The number of anilines is 2. The van der Waals surface area contributed by atoms with Crippen molar-refractivity contribution in [2.24, 2.45) is 5.92 Å². The molecule has 10 heteroatoms. The number of carbonyl (C=O) groups excluding carboxylic acids is 1. The Labute approximate surface area is 228 Å². The molecular formula is C29H34N6O4. The average Bonchev–Trinajstić information content (AvgIpc) is 2.98. The van der Waals surface area contributed by atoms with Gasteiger partial charge in [-0.15, -0.1) is 0 Å². The number of hydrogen-bond donors (Lipinski definition) is 0. The molecule has 0 atom stereocenters. The van der Waals surface area contributed by atoms with Crippen LogP contribution in [0.25, 0.3) is 0 Å². The van der Waals surface area contributed by atoms with Crippen LogP contribution < -0.4 is 9.80 Å². The highest BCUT2D eigenvalue weighted by atomic mass is 16.6. The van der Waals surface area contributed by atoms with Gasteiger partial charge < -0.3 is 14.5 Å². The summed E-state index contributed by atoms with van der Waals surface area (Å²) in [6.45, 7) is 5.84. The van der Waals surface area contributed by atoms with Crippen molar-refractivity contribution in [3.63, 3.8) is 0 Å². The van der Waals surface area contributed by atoms with Crippen LogP contribution >= 0.6 is 0 Å². The minimum Gasteiger partial charge on any atom is -0.466 e. The summed E-state index contributed by atoms with van der Waals surface area (Å²) in [5, 5.41) is 12.3. The van der Waals surface area contributed by atoms with Crippen molar-refractivity contribution >= 4 is 23.3 Å². The molecule has 3 aromatic rings. The third-order valence-corrected chi connectivity index (χ3v) is 7.59. The van der Waals surface area contributed by atoms with Crippen LogP contribution in [-0.4, -0.2) is 71.6 Å². The second kappa shape index (κ2) is 12.2. The molecule has 0 saturated carbocycles. The minimum atomic E-state index is -0.370. The number of ether oxygens (including phenoxy) is 1.